The lowest BCUT2D eigenvalue weighted by Crippen LogP contribution is -2.20. The van der Waals surface area contributed by atoms with Crippen LogP contribution in [0, 0.1) is 0 Å². The first-order valence-electron chi connectivity index (χ1n) is 11.3. The van der Waals surface area contributed by atoms with Gasteiger partial charge in [-0.2, -0.15) is 9.78 Å². The molecule has 0 unspecified atom stereocenters. The van der Waals surface area contributed by atoms with Crippen LogP contribution in [0.25, 0.3) is 33.5 Å². The molecule has 3 heterocycles. The van der Waals surface area contributed by atoms with Crippen molar-refractivity contribution in [1.29, 1.82) is 0 Å². The molecule has 0 N–H and O–H groups in total. The predicted molar refractivity (Wildman–Crippen MR) is 137 cm³/mol. The number of para-hydroxylation sites is 1. The quantitative estimate of drug-likeness (QED) is 0.306. The van der Waals surface area contributed by atoms with Crippen molar-refractivity contribution in [3.8, 4) is 11.6 Å². The number of halogens is 1. The summed E-state index contributed by atoms with van der Waals surface area (Å²) >= 11 is 6.14. The van der Waals surface area contributed by atoms with Gasteiger partial charge >= 0.3 is 0 Å². The summed E-state index contributed by atoms with van der Waals surface area (Å²) in [5, 5.41) is 6.47. The van der Waals surface area contributed by atoms with Crippen LogP contribution in [0.1, 0.15) is 18.4 Å². The van der Waals surface area contributed by atoms with Crippen molar-refractivity contribution >= 4 is 45.4 Å². The van der Waals surface area contributed by atoms with E-state index in [1.807, 2.05) is 42.5 Å². The van der Waals surface area contributed by atoms with Gasteiger partial charge in [0.2, 0.25) is 5.82 Å². The minimum atomic E-state index is -0.260. The highest BCUT2D eigenvalue weighted by atomic mass is 35.5. The summed E-state index contributed by atoms with van der Waals surface area (Å²) in [6.45, 7) is 2.19. The second-order valence-electron chi connectivity index (χ2n) is 8.39. The fourth-order valence-corrected chi connectivity index (χ4v) is 4.57. The first-order chi connectivity index (χ1) is 16.7. The summed E-state index contributed by atoms with van der Waals surface area (Å²) in [6, 6.07) is 22.7. The molecule has 0 spiro atoms. The Kier molecular flexibility index (Phi) is 5.15. The van der Waals surface area contributed by atoms with Crippen LogP contribution in [-0.2, 0) is 0 Å². The highest BCUT2D eigenvalue weighted by Gasteiger charge is 2.17. The van der Waals surface area contributed by atoms with Crippen LogP contribution in [-0.4, -0.2) is 29.0 Å². The zero-order valence-electron chi connectivity index (χ0n) is 18.3. The maximum absolute atomic E-state index is 13.4. The van der Waals surface area contributed by atoms with Crippen molar-refractivity contribution in [3.63, 3.8) is 0 Å². The summed E-state index contributed by atoms with van der Waals surface area (Å²) in [5.74, 6) is 0.780. The number of benzene rings is 3. The van der Waals surface area contributed by atoms with E-state index in [-0.39, 0.29) is 5.56 Å². The number of rotatable bonds is 4. The zero-order chi connectivity index (χ0) is 23.1. The van der Waals surface area contributed by atoms with Crippen molar-refractivity contribution in [2.24, 2.45) is 5.10 Å². The molecule has 0 aliphatic carbocycles. The van der Waals surface area contributed by atoms with Gasteiger partial charge in [0, 0.05) is 29.2 Å². The summed E-state index contributed by atoms with van der Waals surface area (Å²) in [7, 11) is 0. The van der Waals surface area contributed by atoms with Crippen molar-refractivity contribution in [3.05, 3.63) is 93.7 Å². The average Bonchev–Trinajstić information content (AvgIpc) is 3.54. The van der Waals surface area contributed by atoms with E-state index in [1.165, 1.54) is 23.2 Å². The molecule has 0 bridgehead atoms. The molecule has 34 heavy (non-hydrogen) atoms. The highest BCUT2D eigenvalue weighted by molar-refractivity contribution is 6.31. The number of aromatic nitrogens is 2. The maximum atomic E-state index is 13.4. The maximum Gasteiger partial charge on any atom is 0.282 e. The Morgan fingerprint density at radius 3 is 2.59 bits per heavy atom. The number of fused-ring (bicyclic) bond motifs is 2. The molecule has 0 amide bonds. The van der Waals surface area contributed by atoms with Crippen LogP contribution in [0.5, 0.6) is 0 Å². The third-order valence-electron chi connectivity index (χ3n) is 6.14. The van der Waals surface area contributed by atoms with Gasteiger partial charge in [-0.3, -0.25) is 4.79 Å². The molecule has 1 saturated heterocycles. The molecule has 3 aromatic carbocycles. The normalized spacial score (nSPS) is 14.1. The molecular formula is C27H21ClN4O2. The lowest BCUT2D eigenvalue weighted by atomic mass is 10.2. The molecule has 2 aromatic heterocycles. The Balaban J connectivity index is 1.45. The minimum absolute atomic E-state index is 0.260. The Morgan fingerprint density at radius 2 is 1.76 bits per heavy atom. The fraction of sp³-hybridized carbons (Fsp3) is 0.148. The predicted octanol–water partition coefficient (Wildman–Crippen LogP) is 5.95. The molecule has 168 valence electrons. The zero-order valence-corrected chi connectivity index (χ0v) is 19.1. The highest BCUT2D eigenvalue weighted by Crippen LogP contribution is 2.29. The van der Waals surface area contributed by atoms with Gasteiger partial charge in [-0.15, -0.1) is 0 Å². The number of furan rings is 1. The molecule has 0 radical (unpaired) electrons. The summed E-state index contributed by atoms with van der Waals surface area (Å²) in [5.41, 5.74) is 3.09. The van der Waals surface area contributed by atoms with Crippen molar-refractivity contribution in [2.45, 2.75) is 12.8 Å². The van der Waals surface area contributed by atoms with E-state index >= 15 is 0 Å². The Morgan fingerprint density at radius 1 is 0.971 bits per heavy atom. The van der Waals surface area contributed by atoms with Crippen LogP contribution in [0.15, 0.2) is 87.1 Å². The molecule has 6 rings (SSSR count). The van der Waals surface area contributed by atoms with E-state index in [2.05, 4.69) is 22.1 Å². The Bertz CT molecular complexity index is 1600. The van der Waals surface area contributed by atoms with Gasteiger partial charge in [0.1, 0.15) is 5.58 Å². The molecule has 1 aliphatic heterocycles. The largest absolute Gasteiger partial charge is 0.453 e. The fourth-order valence-electron chi connectivity index (χ4n) is 4.39. The molecule has 1 aliphatic rings. The van der Waals surface area contributed by atoms with Crippen LogP contribution in [0.4, 0.5) is 5.69 Å². The number of anilines is 1. The molecule has 6 nitrogen and oxygen atoms in total. The third-order valence-corrected chi connectivity index (χ3v) is 6.37. The van der Waals surface area contributed by atoms with E-state index in [0.29, 0.717) is 33.1 Å². The van der Waals surface area contributed by atoms with Crippen molar-refractivity contribution in [1.82, 2.24) is 9.66 Å². The van der Waals surface area contributed by atoms with Gasteiger partial charge in [-0.1, -0.05) is 35.9 Å². The molecule has 7 heteroatoms. The van der Waals surface area contributed by atoms with Gasteiger partial charge < -0.3 is 9.32 Å². The number of nitrogens with zero attached hydrogens (tertiary/aromatic N) is 4. The first-order valence-corrected chi connectivity index (χ1v) is 11.6. The lowest BCUT2D eigenvalue weighted by Gasteiger charge is -2.17. The summed E-state index contributed by atoms with van der Waals surface area (Å²) in [6.07, 6.45) is 4.14. The van der Waals surface area contributed by atoms with Crippen LogP contribution < -0.4 is 10.5 Å². The standard InChI is InChI=1S/C27H21ClN4O2/c28-20-9-12-24-19(15-20)16-25(34-24)26-30-23-6-2-1-5-22(23)27(33)32(26)29-17-18-7-10-21(11-8-18)31-13-3-4-14-31/h1-2,5-12,15-17H,3-4,13-14H2. The van der Waals surface area contributed by atoms with Gasteiger partial charge in [0.15, 0.2) is 5.76 Å². The summed E-state index contributed by atoms with van der Waals surface area (Å²) < 4.78 is 7.32. The Labute approximate surface area is 200 Å². The SMILES string of the molecule is O=c1c2ccccc2nc(-c2cc3cc(Cl)ccc3o2)n1N=Cc1ccc(N2CCCC2)cc1. The second-order valence-corrected chi connectivity index (χ2v) is 8.83. The molecule has 1 fully saturated rings. The van der Waals surface area contributed by atoms with Crippen molar-refractivity contribution < 1.29 is 4.42 Å². The second kappa shape index (κ2) is 8.47. The summed E-state index contributed by atoms with van der Waals surface area (Å²) in [4.78, 5) is 20.5. The van der Waals surface area contributed by atoms with E-state index in [1.54, 1.807) is 24.4 Å². The van der Waals surface area contributed by atoms with Gasteiger partial charge in [-0.25, -0.2) is 4.98 Å². The first kappa shape index (κ1) is 20.7. The van der Waals surface area contributed by atoms with Gasteiger partial charge in [0.25, 0.3) is 5.56 Å². The van der Waals surface area contributed by atoms with Gasteiger partial charge in [-0.05, 0) is 66.9 Å². The monoisotopic (exact) mass is 468 g/mol. The molecule has 0 atom stereocenters. The van der Waals surface area contributed by atoms with Crippen molar-refractivity contribution in [2.75, 3.05) is 18.0 Å². The topological polar surface area (TPSA) is 63.6 Å². The van der Waals surface area contributed by atoms with Crippen LogP contribution in [0.2, 0.25) is 5.02 Å². The number of hydrogen-bond donors (Lipinski definition) is 0. The average molecular weight is 469 g/mol. The third kappa shape index (κ3) is 3.76. The van der Waals surface area contributed by atoms with E-state index in [4.69, 9.17) is 21.0 Å². The molecule has 5 aromatic rings. The van der Waals surface area contributed by atoms with E-state index < -0.39 is 0 Å². The van der Waals surface area contributed by atoms with Crippen LogP contribution >= 0.6 is 11.6 Å². The molecular weight excluding hydrogens is 448 g/mol. The smallest absolute Gasteiger partial charge is 0.282 e. The Hall–Kier alpha value is -3.90. The van der Waals surface area contributed by atoms with Gasteiger partial charge in [0.05, 0.1) is 17.1 Å². The van der Waals surface area contributed by atoms with Crippen LogP contribution in [0.3, 0.4) is 0 Å². The van der Waals surface area contributed by atoms with E-state index in [9.17, 15) is 4.79 Å². The minimum Gasteiger partial charge on any atom is -0.453 e. The molecule has 0 saturated carbocycles. The number of hydrogen-bond acceptors (Lipinski definition) is 5. The van der Waals surface area contributed by atoms with E-state index in [0.717, 1.165) is 24.0 Å². The lowest BCUT2D eigenvalue weighted by molar-refractivity contribution is 0.616.